The number of hydrogen-bond donors (Lipinski definition) is 1. The van der Waals surface area contributed by atoms with Gasteiger partial charge in [0.05, 0.1) is 11.8 Å². The second kappa shape index (κ2) is 31.2. The number of pyridine rings is 1. The lowest BCUT2D eigenvalue weighted by Gasteiger charge is -2.46. The van der Waals surface area contributed by atoms with Crippen molar-refractivity contribution in [2.45, 2.75) is 107 Å². The maximum absolute atomic E-state index is 13.0. The zero-order valence-electron chi connectivity index (χ0n) is 30.7. The predicted molar refractivity (Wildman–Crippen MR) is 202 cm³/mol. The van der Waals surface area contributed by atoms with Gasteiger partial charge in [0, 0.05) is 24.9 Å². The number of fused-ring (bicyclic) bond motifs is 1. The summed E-state index contributed by atoms with van der Waals surface area (Å²) in [4.78, 5) is 4.27. The Kier molecular flexibility index (Phi) is 32.3. The first kappa shape index (κ1) is 46.6. The topological polar surface area (TPSA) is 34.2 Å². The van der Waals surface area contributed by atoms with Gasteiger partial charge in [0.15, 0.2) is 0 Å². The van der Waals surface area contributed by atoms with Crippen LogP contribution in [0.2, 0.25) is 0 Å². The number of hydrogen-bond acceptors (Lipinski definition) is 3. The number of allylic oxidation sites excluding steroid dienone is 2. The van der Waals surface area contributed by atoms with E-state index in [1.165, 1.54) is 44.2 Å². The van der Waals surface area contributed by atoms with E-state index >= 15 is 0 Å². The fourth-order valence-corrected chi connectivity index (χ4v) is 5.95. The van der Waals surface area contributed by atoms with E-state index in [9.17, 15) is 4.39 Å². The molecule has 0 spiro atoms. The highest BCUT2D eigenvalue weighted by Crippen LogP contribution is 2.47. The number of nitrogens with zero attached hydrogens (tertiary/aromatic N) is 1. The van der Waals surface area contributed by atoms with E-state index in [0.29, 0.717) is 17.9 Å². The molecule has 4 heteroatoms. The van der Waals surface area contributed by atoms with Crippen LogP contribution in [0.15, 0.2) is 87.6 Å². The highest BCUT2D eigenvalue weighted by atomic mass is 19.1. The first-order chi connectivity index (χ1) is 22.0. The fourth-order valence-electron chi connectivity index (χ4n) is 5.95. The summed E-state index contributed by atoms with van der Waals surface area (Å²) in [6, 6.07) is 11.1. The number of aromatic nitrogens is 1. The summed E-state index contributed by atoms with van der Waals surface area (Å²) in [5.41, 5.74) is 2.68. The van der Waals surface area contributed by atoms with Crippen molar-refractivity contribution in [3.05, 3.63) is 99.2 Å². The standard InChI is InChI=1S/C17H31NO.C14H12FN.3C2H6.2C2H4/c1-5-13-9-15-10-16(18-6-2)8-7-14(15)11-17(13)12(3)19-4;1-2-4-14-8-7-12(10-16-14)11-5-3-6-13(15)9-11;5*1-2/h5,12-18H,1,6-11H2,2-4H3;2-10H,1H3;3*1-2H3;2*1-2H2/b;4-2+;;;;;/t12?,13?,14?,15?,16-,17?;;;;;;/m1....../s1. The summed E-state index contributed by atoms with van der Waals surface area (Å²) >= 11 is 0. The van der Waals surface area contributed by atoms with Gasteiger partial charge in [-0.1, -0.05) is 78.8 Å². The van der Waals surface area contributed by atoms with Gasteiger partial charge in [-0.3, -0.25) is 4.98 Å². The SMILES string of the molecule is C/C=C/c1ccc(-c2cccc(F)c2)cn1.C=C.C=C.C=CC1CC2C[C@H](NCC)CCC2CC1C(C)OC.CC.CC.CC. The number of halogens is 1. The number of benzene rings is 1. The molecule has 3 nitrogen and oxygen atoms in total. The molecule has 6 atom stereocenters. The molecule has 1 heterocycles. The number of rotatable bonds is 7. The minimum absolute atomic E-state index is 0.227. The molecule has 5 unspecified atom stereocenters. The van der Waals surface area contributed by atoms with Crippen LogP contribution < -0.4 is 5.32 Å². The van der Waals surface area contributed by atoms with Crippen LogP contribution in [-0.4, -0.2) is 30.8 Å². The van der Waals surface area contributed by atoms with Gasteiger partial charge in [-0.25, -0.2) is 4.39 Å². The third-order valence-electron chi connectivity index (χ3n) is 7.89. The van der Waals surface area contributed by atoms with Crippen LogP contribution >= 0.6 is 0 Å². The average molecular weight is 625 g/mol. The molecule has 1 N–H and O–H groups in total. The zero-order valence-corrected chi connectivity index (χ0v) is 30.7. The highest BCUT2D eigenvalue weighted by molar-refractivity contribution is 5.63. The number of methoxy groups -OCH3 is 1. The molecule has 0 aliphatic heterocycles. The fraction of sp³-hybridized carbons (Fsp3) is 0.537. The molecule has 45 heavy (non-hydrogen) atoms. The van der Waals surface area contributed by atoms with Gasteiger partial charge >= 0.3 is 0 Å². The van der Waals surface area contributed by atoms with Crippen LogP contribution in [0.25, 0.3) is 17.2 Å². The lowest BCUT2D eigenvalue weighted by atomic mass is 9.61. The van der Waals surface area contributed by atoms with Crippen molar-refractivity contribution in [2.75, 3.05) is 13.7 Å². The van der Waals surface area contributed by atoms with Gasteiger partial charge in [0.25, 0.3) is 0 Å². The van der Waals surface area contributed by atoms with Crippen molar-refractivity contribution >= 4 is 6.08 Å². The van der Waals surface area contributed by atoms with Crippen molar-refractivity contribution in [3.63, 3.8) is 0 Å². The normalized spacial score (nSPS) is 21.5. The van der Waals surface area contributed by atoms with Gasteiger partial charge < -0.3 is 10.1 Å². The first-order valence-corrected chi connectivity index (χ1v) is 17.2. The summed E-state index contributed by atoms with van der Waals surface area (Å²) in [5.74, 6) is 2.93. The molecule has 4 rings (SSSR count). The van der Waals surface area contributed by atoms with Crippen molar-refractivity contribution < 1.29 is 9.13 Å². The molecule has 0 radical (unpaired) electrons. The van der Waals surface area contributed by atoms with Crippen LogP contribution in [0.5, 0.6) is 0 Å². The molecular weight excluding hydrogens is 555 g/mol. The Morgan fingerprint density at radius 1 is 0.933 bits per heavy atom. The van der Waals surface area contributed by atoms with Gasteiger partial charge in [-0.05, 0) is 106 Å². The quantitative estimate of drug-likeness (QED) is 0.311. The molecule has 2 fully saturated rings. The molecule has 1 aromatic carbocycles. The maximum atomic E-state index is 13.0. The molecule has 2 aliphatic carbocycles. The Balaban J connectivity index is -0.000000618. The van der Waals surface area contributed by atoms with Gasteiger partial charge in [-0.2, -0.15) is 0 Å². The highest BCUT2D eigenvalue weighted by Gasteiger charge is 2.40. The van der Waals surface area contributed by atoms with Crippen molar-refractivity contribution in [1.29, 1.82) is 0 Å². The number of ether oxygens (including phenoxy) is 1. The molecular formula is C41H69FN2O. The van der Waals surface area contributed by atoms with Crippen LogP contribution in [0.4, 0.5) is 4.39 Å². The van der Waals surface area contributed by atoms with E-state index in [1.54, 1.807) is 12.3 Å². The van der Waals surface area contributed by atoms with Gasteiger partial charge in [-0.15, -0.1) is 32.9 Å². The Morgan fingerprint density at radius 3 is 2.07 bits per heavy atom. The molecule has 2 aromatic rings. The zero-order chi connectivity index (χ0) is 35.2. The Bertz CT molecular complexity index is 972. The second-order valence-electron chi connectivity index (χ2n) is 10.0. The Morgan fingerprint density at radius 2 is 1.58 bits per heavy atom. The van der Waals surface area contributed by atoms with Crippen LogP contribution in [0.1, 0.15) is 100 Å². The Hall–Kier alpha value is -2.82. The van der Waals surface area contributed by atoms with Crippen LogP contribution in [-0.2, 0) is 4.74 Å². The van der Waals surface area contributed by atoms with E-state index < -0.39 is 0 Å². The van der Waals surface area contributed by atoms with E-state index in [0.717, 1.165) is 41.2 Å². The third-order valence-corrected chi connectivity index (χ3v) is 7.89. The lowest BCUT2D eigenvalue weighted by Crippen LogP contribution is -2.43. The molecule has 0 bridgehead atoms. The third kappa shape index (κ3) is 17.5. The average Bonchev–Trinajstić information content (AvgIpc) is 3.12. The summed E-state index contributed by atoms with van der Waals surface area (Å²) in [5, 5.41) is 3.64. The second-order valence-corrected chi connectivity index (χ2v) is 10.0. The van der Waals surface area contributed by atoms with Crippen LogP contribution in [0, 0.1) is 29.5 Å². The molecule has 0 amide bonds. The van der Waals surface area contributed by atoms with Crippen molar-refractivity contribution in [1.82, 2.24) is 10.3 Å². The molecule has 256 valence electrons. The van der Waals surface area contributed by atoms with Crippen molar-refractivity contribution in [2.24, 2.45) is 23.7 Å². The summed E-state index contributed by atoms with van der Waals surface area (Å²) in [6.45, 7) is 35.6. The molecule has 1 aromatic heterocycles. The predicted octanol–water partition coefficient (Wildman–Crippen LogP) is 12.2. The maximum Gasteiger partial charge on any atom is 0.123 e. The largest absolute Gasteiger partial charge is 0.381 e. The first-order valence-electron chi connectivity index (χ1n) is 17.2. The smallest absolute Gasteiger partial charge is 0.123 e. The molecule has 2 saturated carbocycles. The van der Waals surface area contributed by atoms with Crippen LogP contribution in [0.3, 0.4) is 0 Å². The van der Waals surface area contributed by atoms with Gasteiger partial charge in [0.2, 0.25) is 0 Å². The number of nitrogens with one attached hydrogen (secondary N) is 1. The van der Waals surface area contributed by atoms with E-state index in [4.69, 9.17) is 4.74 Å². The lowest BCUT2D eigenvalue weighted by molar-refractivity contribution is -0.00901. The van der Waals surface area contributed by atoms with E-state index in [-0.39, 0.29) is 5.82 Å². The van der Waals surface area contributed by atoms with E-state index in [2.05, 4.69) is 63.1 Å². The monoisotopic (exact) mass is 625 g/mol. The van der Waals surface area contributed by atoms with Gasteiger partial charge in [0.1, 0.15) is 5.82 Å². The van der Waals surface area contributed by atoms with E-state index in [1.807, 2.05) is 85.9 Å². The summed E-state index contributed by atoms with van der Waals surface area (Å²) in [7, 11) is 1.85. The Labute approximate surface area is 279 Å². The summed E-state index contributed by atoms with van der Waals surface area (Å²) in [6.07, 6.45) is 15.0. The molecule has 0 saturated heterocycles. The molecule has 2 aliphatic rings. The minimum Gasteiger partial charge on any atom is -0.381 e. The summed E-state index contributed by atoms with van der Waals surface area (Å²) < 4.78 is 18.6. The van der Waals surface area contributed by atoms with Crippen molar-refractivity contribution in [3.8, 4) is 11.1 Å². The minimum atomic E-state index is -0.227.